The van der Waals surface area contributed by atoms with Gasteiger partial charge >= 0.3 is 0 Å². The van der Waals surface area contributed by atoms with Crippen LogP contribution in [0.3, 0.4) is 0 Å². The second-order valence-corrected chi connectivity index (χ2v) is 29.2. The maximum Gasteiger partial charge on any atom is 0.0602 e. The Morgan fingerprint density at radius 3 is 0.877 bits per heavy atom. The van der Waals surface area contributed by atoms with Gasteiger partial charge in [-0.3, -0.25) is 15.0 Å². The summed E-state index contributed by atoms with van der Waals surface area (Å²) in [5, 5.41) is 0. The minimum atomic E-state index is 0. The first-order valence-corrected chi connectivity index (χ1v) is 37.0. The SMILES string of the molecule is CC(C)Cc1c(-c2ccccc2)cc(-c2ccccc2)c(CC(C)C)c1-n1ccnc1-c1[c-]cccc1.CC(C)Cc1ccc(-c2ccccc2)c(CC(C)C)c1-n1ccnc1-c1[c-]cccc1.CC(C)c1c(-c2ccccc2)cc(-c2ccccc2)c(C(C)C)c1-n1ccnc1-c1[c-]cccc1.[Ir].[Ir].[Ir]. The molecule has 0 amide bonds. The van der Waals surface area contributed by atoms with Crippen molar-refractivity contribution in [2.45, 2.75) is 121 Å². The molecular formula is C97H97Ir3N6-3. The van der Waals surface area contributed by atoms with Crippen LogP contribution >= 0.6 is 0 Å². The van der Waals surface area contributed by atoms with Crippen molar-refractivity contribution in [1.82, 2.24) is 28.7 Å². The number of benzene rings is 11. The van der Waals surface area contributed by atoms with Crippen molar-refractivity contribution >= 4 is 0 Å². The molecule has 0 saturated heterocycles. The molecule has 0 atom stereocenters. The fraction of sp³-hybridized carbons (Fsp3) is 0.227. The molecule has 3 radical (unpaired) electrons. The molecule has 3 aromatic heterocycles. The smallest absolute Gasteiger partial charge is 0.0602 e. The van der Waals surface area contributed by atoms with Gasteiger partial charge in [0.2, 0.25) is 0 Å². The van der Waals surface area contributed by atoms with Crippen LogP contribution in [0.1, 0.15) is 128 Å². The summed E-state index contributed by atoms with van der Waals surface area (Å²) in [6, 6.07) is 97.9. The Kier molecular flexibility index (Phi) is 29.5. The van der Waals surface area contributed by atoms with Crippen molar-refractivity contribution < 1.29 is 60.3 Å². The van der Waals surface area contributed by atoms with E-state index in [1.54, 1.807) is 0 Å². The number of imidazole rings is 3. The molecule has 14 aromatic rings. The molecule has 0 aliphatic carbocycles. The van der Waals surface area contributed by atoms with Crippen molar-refractivity contribution in [2.24, 2.45) is 23.7 Å². The standard InChI is InChI=1S/C35H35N2.C33H31N2.C29H31N2.3Ir/c1-25(2)22-32-30(27-14-8-5-9-15-27)24-31(28-16-10-6-11-17-28)33(23-26(3)4)34(32)37-21-20-36-35(37)29-18-12-7-13-19-29;1-23(2)30-28(25-14-8-5-9-15-25)22-29(26-16-10-6-11-17-26)31(24(3)4)32(30)35-21-20-34-33(35)27-18-12-7-13-19-27;1-21(2)19-25-15-16-26(23-11-7-5-8-12-23)27(20-22(3)4)28(25)31-18-17-30-29(31)24-13-9-6-10-14-24;;;/h5-18,20-21,24-26H,22-23H2,1-4H3;5-18,20-24H,1-4H3;5-13,15-18,21-22H,19-20H2,1-4H3;;;/q3*-1;;;. The Bertz CT molecular complexity index is 4870. The van der Waals surface area contributed by atoms with Gasteiger partial charge in [0.25, 0.3) is 0 Å². The van der Waals surface area contributed by atoms with Gasteiger partial charge in [-0.05, 0) is 162 Å². The van der Waals surface area contributed by atoms with Crippen LogP contribution in [0.2, 0.25) is 0 Å². The van der Waals surface area contributed by atoms with E-state index in [1.165, 1.54) is 106 Å². The number of aromatic nitrogens is 6. The van der Waals surface area contributed by atoms with Crippen LogP contribution in [0.5, 0.6) is 0 Å². The second kappa shape index (κ2) is 38.5. The largest absolute Gasteiger partial charge is 0.340 e. The van der Waals surface area contributed by atoms with E-state index in [0.29, 0.717) is 35.5 Å². The summed E-state index contributed by atoms with van der Waals surface area (Å²) in [4.78, 5) is 14.4. The zero-order valence-corrected chi connectivity index (χ0v) is 70.3. The molecule has 3 heterocycles. The topological polar surface area (TPSA) is 53.5 Å². The average molecular weight is 1920 g/mol. The van der Waals surface area contributed by atoms with Gasteiger partial charge in [0.1, 0.15) is 0 Å². The summed E-state index contributed by atoms with van der Waals surface area (Å²) in [5.74, 6) is 5.56. The Morgan fingerprint density at radius 2 is 0.566 bits per heavy atom. The van der Waals surface area contributed by atoms with E-state index in [9.17, 15) is 0 Å². The van der Waals surface area contributed by atoms with E-state index in [2.05, 4.69) is 340 Å². The number of rotatable bonds is 21. The third-order valence-corrected chi connectivity index (χ3v) is 18.8. The Hall–Kier alpha value is -9.00. The van der Waals surface area contributed by atoms with Gasteiger partial charge in [-0.15, -0.1) is 108 Å². The molecule has 14 rings (SSSR count). The monoisotopic (exact) mass is 1920 g/mol. The fourth-order valence-electron chi connectivity index (χ4n) is 14.6. The first-order valence-electron chi connectivity index (χ1n) is 37.0. The Balaban J connectivity index is 0.000000182. The maximum absolute atomic E-state index is 4.84. The zero-order valence-electron chi connectivity index (χ0n) is 63.1. The van der Waals surface area contributed by atoms with Crippen LogP contribution in [-0.2, 0) is 86.0 Å². The van der Waals surface area contributed by atoms with Gasteiger partial charge in [0, 0.05) is 115 Å². The number of hydrogen-bond acceptors (Lipinski definition) is 3. The summed E-state index contributed by atoms with van der Waals surface area (Å²) in [6.45, 7) is 27.6. The van der Waals surface area contributed by atoms with Gasteiger partial charge in [-0.1, -0.05) is 247 Å². The van der Waals surface area contributed by atoms with Crippen molar-refractivity contribution in [1.29, 1.82) is 0 Å². The summed E-state index contributed by atoms with van der Waals surface area (Å²) < 4.78 is 6.89. The van der Waals surface area contributed by atoms with Crippen LogP contribution in [0.4, 0.5) is 0 Å². The molecule has 0 aliphatic heterocycles. The molecule has 0 bridgehead atoms. The average Bonchev–Trinajstić information content (AvgIpc) is 1.38. The fourth-order valence-corrected chi connectivity index (χ4v) is 14.6. The maximum atomic E-state index is 4.84. The Morgan fingerprint density at radius 1 is 0.283 bits per heavy atom. The van der Waals surface area contributed by atoms with E-state index in [1.807, 2.05) is 61.1 Å². The molecular weight excluding hydrogens is 1830 g/mol. The molecule has 0 N–H and O–H groups in total. The van der Waals surface area contributed by atoms with Crippen LogP contribution < -0.4 is 0 Å². The second-order valence-electron chi connectivity index (χ2n) is 29.2. The first-order chi connectivity index (χ1) is 50.1. The predicted octanol–water partition coefficient (Wildman–Crippen LogP) is 25.4. The summed E-state index contributed by atoms with van der Waals surface area (Å²) in [6.07, 6.45) is 16.1. The first kappa shape index (κ1) is 81.1. The zero-order chi connectivity index (χ0) is 71.9. The number of nitrogens with zero attached hydrogens (tertiary/aromatic N) is 6. The van der Waals surface area contributed by atoms with Gasteiger partial charge in [-0.2, -0.15) is 0 Å². The van der Waals surface area contributed by atoms with Gasteiger partial charge in [-0.25, -0.2) is 0 Å². The summed E-state index contributed by atoms with van der Waals surface area (Å²) >= 11 is 0. The van der Waals surface area contributed by atoms with Crippen LogP contribution in [0.25, 0.3) is 107 Å². The predicted molar refractivity (Wildman–Crippen MR) is 433 cm³/mol. The van der Waals surface area contributed by atoms with Crippen molar-refractivity contribution in [3.63, 3.8) is 0 Å². The van der Waals surface area contributed by atoms with Gasteiger partial charge < -0.3 is 13.7 Å². The van der Waals surface area contributed by atoms with Crippen LogP contribution in [0.15, 0.2) is 286 Å². The molecule has 0 unspecified atom stereocenters. The summed E-state index contributed by atoms with van der Waals surface area (Å²) in [7, 11) is 0. The quantitative estimate of drug-likeness (QED) is 0.0674. The molecule has 0 fully saturated rings. The molecule has 6 nitrogen and oxygen atoms in total. The molecule has 0 spiro atoms. The minimum absolute atomic E-state index is 0. The van der Waals surface area contributed by atoms with E-state index in [0.717, 1.165) is 59.8 Å². The number of hydrogen-bond donors (Lipinski definition) is 0. The third kappa shape index (κ3) is 19.0. The third-order valence-electron chi connectivity index (χ3n) is 18.8. The van der Waals surface area contributed by atoms with Crippen LogP contribution in [-0.4, -0.2) is 28.7 Å². The molecule has 0 saturated carbocycles. The van der Waals surface area contributed by atoms with E-state index < -0.39 is 0 Å². The minimum Gasteiger partial charge on any atom is -0.340 e. The van der Waals surface area contributed by atoms with Gasteiger partial charge in [0.15, 0.2) is 0 Å². The van der Waals surface area contributed by atoms with E-state index in [4.69, 9.17) is 15.0 Å². The van der Waals surface area contributed by atoms with Crippen molar-refractivity contribution in [3.05, 3.63) is 337 Å². The summed E-state index contributed by atoms with van der Waals surface area (Å²) in [5.41, 5.74) is 27.7. The van der Waals surface area contributed by atoms with Crippen LogP contribution in [0, 0.1) is 41.9 Å². The van der Waals surface area contributed by atoms with E-state index >= 15 is 0 Å². The molecule has 545 valence electrons. The normalized spacial score (nSPS) is 11.1. The van der Waals surface area contributed by atoms with Gasteiger partial charge in [0.05, 0.1) is 17.5 Å². The Labute approximate surface area is 672 Å². The molecule has 9 heteroatoms. The molecule has 11 aromatic carbocycles. The molecule has 0 aliphatic rings. The van der Waals surface area contributed by atoms with E-state index in [-0.39, 0.29) is 60.3 Å². The van der Waals surface area contributed by atoms with Crippen molar-refractivity contribution in [2.75, 3.05) is 0 Å². The van der Waals surface area contributed by atoms with Crippen molar-refractivity contribution in [3.8, 4) is 107 Å². The molecule has 106 heavy (non-hydrogen) atoms.